The normalized spacial score (nSPS) is 18.7. The summed E-state index contributed by atoms with van der Waals surface area (Å²) in [5.74, 6) is 1.65. The Balaban J connectivity index is 0.00000163. The largest absolute Gasteiger partial charge is 0.468 e. The fourth-order valence-corrected chi connectivity index (χ4v) is 3.40. The van der Waals surface area contributed by atoms with Crippen molar-refractivity contribution in [2.75, 3.05) is 42.0 Å². The number of rotatable bonds is 8. The summed E-state index contributed by atoms with van der Waals surface area (Å²) in [6.45, 7) is 2.32. The molecule has 7 nitrogen and oxygen atoms in total. The lowest BCUT2D eigenvalue weighted by atomic mass is 9.86. The highest BCUT2D eigenvalue weighted by Gasteiger charge is 2.35. The molecular weight excluding hydrogens is 338 g/mol. The number of aliphatic hydroxyl groups excluding tert-OH is 1. The summed E-state index contributed by atoms with van der Waals surface area (Å²) in [7, 11) is 5.86. The molecule has 2 N–H and O–H groups in total. The molecule has 0 saturated heterocycles. The molecule has 0 spiro atoms. The minimum absolute atomic E-state index is 0.0445. The number of amides is 1. The minimum atomic E-state index is -0.0445. The van der Waals surface area contributed by atoms with Crippen molar-refractivity contribution < 1.29 is 28.8 Å². The third-order valence-electron chi connectivity index (χ3n) is 4.44. The second-order valence-electron chi connectivity index (χ2n) is 6.02. The second kappa shape index (κ2) is 11.7. The number of hydrogen-bond acceptors (Lipinski definition) is 6. The number of aliphatic hydroxyl groups is 1. The van der Waals surface area contributed by atoms with Crippen molar-refractivity contribution in [3.05, 3.63) is 23.3 Å². The fourth-order valence-electron chi connectivity index (χ4n) is 3.40. The molecule has 2 unspecified atom stereocenters. The molecule has 0 bridgehead atoms. The number of ether oxygens (including phenoxy) is 4. The van der Waals surface area contributed by atoms with Crippen LogP contribution in [0.2, 0.25) is 0 Å². The molecule has 2 atom stereocenters. The van der Waals surface area contributed by atoms with Gasteiger partial charge in [-0.25, -0.2) is 0 Å². The molecule has 1 aromatic rings. The van der Waals surface area contributed by atoms with Crippen molar-refractivity contribution in [2.24, 2.45) is 5.92 Å². The molecule has 7 heteroatoms. The third kappa shape index (κ3) is 5.59. The predicted octanol–water partition coefficient (Wildman–Crippen LogP) is 2.20. The van der Waals surface area contributed by atoms with Gasteiger partial charge in [0.1, 0.15) is 11.5 Å². The number of aryl methyl sites for hydroxylation is 1. The minimum Gasteiger partial charge on any atom is -0.468 e. The van der Waals surface area contributed by atoms with Gasteiger partial charge >= 0.3 is 0 Å². The Morgan fingerprint density at radius 2 is 1.81 bits per heavy atom. The Kier molecular flexibility index (Phi) is 10.0. The molecular formula is C19H31NO6. The highest BCUT2D eigenvalue weighted by Crippen LogP contribution is 2.45. The maximum absolute atomic E-state index is 12.2. The van der Waals surface area contributed by atoms with Gasteiger partial charge in [-0.05, 0) is 43.4 Å². The van der Waals surface area contributed by atoms with E-state index in [9.17, 15) is 4.79 Å². The maximum Gasteiger partial charge on any atom is 0.223 e. The lowest BCUT2D eigenvalue weighted by Crippen LogP contribution is -2.29. The van der Waals surface area contributed by atoms with Gasteiger partial charge in [0.25, 0.3) is 0 Å². The topological polar surface area (TPSA) is 86.3 Å². The maximum atomic E-state index is 12.2. The average Bonchev–Trinajstić information content (AvgIpc) is 3.15. The smallest absolute Gasteiger partial charge is 0.223 e. The number of methoxy groups -OCH3 is 2. The molecule has 1 aromatic carbocycles. The van der Waals surface area contributed by atoms with Crippen LogP contribution in [0.25, 0.3) is 0 Å². The summed E-state index contributed by atoms with van der Waals surface area (Å²) in [6, 6.07) is 3.88. The summed E-state index contributed by atoms with van der Waals surface area (Å²) >= 11 is 0. The van der Waals surface area contributed by atoms with Gasteiger partial charge in [-0.15, -0.1) is 0 Å². The Hall–Kier alpha value is -1.83. The van der Waals surface area contributed by atoms with Crippen molar-refractivity contribution in [3.8, 4) is 11.5 Å². The zero-order valence-corrected chi connectivity index (χ0v) is 16.3. The van der Waals surface area contributed by atoms with Crippen LogP contribution in [0.1, 0.15) is 36.3 Å². The predicted molar refractivity (Wildman–Crippen MR) is 98.5 cm³/mol. The number of benzene rings is 1. The molecule has 1 amide bonds. The molecule has 148 valence electrons. The lowest BCUT2D eigenvalue weighted by molar-refractivity contribution is -0.124. The molecule has 0 aromatic heterocycles. The summed E-state index contributed by atoms with van der Waals surface area (Å²) in [6.07, 6.45) is 2.86. The first kappa shape index (κ1) is 22.2. The quantitative estimate of drug-likeness (QED) is 0.683. The standard InChI is InChI=1S/C18H27NO5.CH4O/c1-12-8-13(23-10-21-3)9-16(17(12)24-11-22-4)14-6-5-7-15(14)18(20)19-2;1-2/h8-9,14-15H,5-7,10-11H2,1-4H3,(H,19,20);2H,1H3. The van der Waals surface area contributed by atoms with E-state index < -0.39 is 0 Å². The summed E-state index contributed by atoms with van der Waals surface area (Å²) in [5, 5.41) is 9.78. The Bertz CT molecular complexity index is 563. The van der Waals surface area contributed by atoms with E-state index in [1.54, 1.807) is 21.3 Å². The van der Waals surface area contributed by atoms with Crippen LogP contribution in [0.4, 0.5) is 0 Å². The van der Waals surface area contributed by atoms with Crippen LogP contribution in [-0.2, 0) is 14.3 Å². The first-order valence-corrected chi connectivity index (χ1v) is 8.66. The summed E-state index contributed by atoms with van der Waals surface area (Å²) in [5.41, 5.74) is 1.96. The van der Waals surface area contributed by atoms with E-state index in [-0.39, 0.29) is 31.3 Å². The van der Waals surface area contributed by atoms with E-state index in [1.165, 1.54) is 0 Å². The third-order valence-corrected chi connectivity index (χ3v) is 4.44. The Morgan fingerprint density at radius 1 is 1.15 bits per heavy atom. The van der Waals surface area contributed by atoms with Gasteiger partial charge in [0, 0.05) is 39.9 Å². The van der Waals surface area contributed by atoms with Crippen molar-refractivity contribution in [1.82, 2.24) is 5.32 Å². The van der Waals surface area contributed by atoms with Crippen molar-refractivity contribution in [1.29, 1.82) is 0 Å². The van der Waals surface area contributed by atoms with Crippen LogP contribution >= 0.6 is 0 Å². The van der Waals surface area contributed by atoms with Crippen molar-refractivity contribution in [3.63, 3.8) is 0 Å². The number of nitrogens with one attached hydrogen (secondary N) is 1. The Labute approximate surface area is 155 Å². The summed E-state index contributed by atoms with van der Waals surface area (Å²) in [4.78, 5) is 12.2. The molecule has 0 aliphatic heterocycles. The molecule has 1 aliphatic carbocycles. The van der Waals surface area contributed by atoms with Gasteiger partial charge in [-0.2, -0.15) is 0 Å². The molecule has 1 fully saturated rings. The molecule has 1 aliphatic rings. The molecule has 1 saturated carbocycles. The van der Waals surface area contributed by atoms with Gasteiger partial charge in [0.05, 0.1) is 0 Å². The zero-order valence-electron chi connectivity index (χ0n) is 16.3. The number of carbonyl (C=O) groups excluding carboxylic acids is 1. The number of hydrogen-bond donors (Lipinski definition) is 2. The highest BCUT2D eigenvalue weighted by molar-refractivity contribution is 5.80. The first-order chi connectivity index (χ1) is 12.6. The summed E-state index contributed by atoms with van der Waals surface area (Å²) < 4.78 is 21.5. The number of carbonyl (C=O) groups is 1. The first-order valence-electron chi connectivity index (χ1n) is 8.66. The zero-order chi connectivity index (χ0) is 19.5. The fraction of sp³-hybridized carbons (Fsp3) is 0.632. The van der Waals surface area contributed by atoms with Crippen LogP contribution in [0, 0.1) is 12.8 Å². The SMILES string of the molecule is CNC(=O)C1CCCC1c1cc(OCOC)cc(C)c1OCOC.CO. The average molecular weight is 369 g/mol. The van der Waals surface area contributed by atoms with E-state index in [4.69, 9.17) is 24.1 Å². The van der Waals surface area contributed by atoms with Gasteiger partial charge in [0.2, 0.25) is 5.91 Å². The van der Waals surface area contributed by atoms with E-state index in [1.807, 2.05) is 19.1 Å². The van der Waals surface area contributed by atoms with Gasteiger partial charge in [0.15, 0.2) is 13.6 Å². The molecule has 2 rings (SSSR count). The van der Waals surface area contributed by atoms with Crippen LogP contribution in [-0.4, -0.2) is 53.0 Å². The van der Waals surface area contributed by atoms with Crippen molar-refractivity contribution in [2.45, 2.75) is 32.1 Å². The molecule has 0 heterocycles. The van der Waals surface area contributed by atoms with Crippen LogP contribution in [0.3, 0.4) is 0 Å². The Morgan fingerprint density at radius 3 is 2.42 bits per heavy atom. The molecule has 0 radical (unpaired) electrons. The molecule has 26 heavy (non-hydrogen) atoms. The van der Waals surface area contributed by atoms with E-state index in [0.717, 1.165) is 49.0 Å². The van der Waals surface area contributed by atoms with Crippen LogP contribution in [0.15, 0.2) is 12.1 Å². The monoisotopic (exact) mass is 369 g/mol. The van der Waals surface area contributed by atoms with Gasteiger partial charge in [-0.3, -0.25) is 4.79 Å². The van der Waals surface area contributed by atoms with Gasteiger partial charge in [-0.1, -0.05) is 6.42 Å². The van der Waals surface area contributed by atoms with E-state index in [0.29, 0.717) is 0 Å². The lowest BCUT2D eigenvalue weighted by Gasteiger charge is -2.23. The van der Waals surface area contributed by atoms with Crippen LogP contribution < -0.4 is 14.8 Å². The second-order valence-corrected chi connectivity index (χ2v) is 6.02. The van der Waals surface area contributed by atoms with Crippen molar-refractivity contribution >= 4 is 5.91 Å². The van der Waals surface area contributed by atoms with E-state index in [2.05, 4.69) is 5.32 Å². The van der Waals surface area contributed by atoms with Gasteiger partial charge < -0.3 is 29.4 Å². The highest BCUT2D eigenvalue weighted by atomic mass is 16.7. The van der Waals surface area contributed by atoms with E-state index >= 15 is 0 Å². The van der Waals surface area contributed by atoms with Crippen LogP contribution in [0.5, 0.6) is 11.5 Å².